The fraction of sp³-hybridized carbons (Fsp3) is 0.778. The Balaban J connectivity index is 2.51. The highest BCUT2D eigenvalue weighted by Gasteiger charge is 2.20. The molecule has 0 saturated heterocycles. The highest BCUT2D eigenvalue weighted by molar-refractivity contribution is 8.14. The van der Waals surface area contributed by atoms with Crippen molar-refractivity contribution >= 4 is 22.7 Å². The molecule has 1 rings (SSSR count). The average molecular weight is 200 g/mol. The molecule has 1 atom stereocenters. The van der Waals surface area contributed by atoms with E-state index in [0.717, 1.165) is 17.5 Å². The van der Waals surface area contributed by atoms with E-state index in [0.29, 0.717) is 5.92 Å². The summed E-state index contributed by atoms with van der Waals surface area (Å²) in [5.74, 6) is 1.54. The predicted molar refractivity (Wildman–Crippen MR) is 57.2 cm³/mol. The number of rotatable bonds is 3. The van der Waals surface area contributed by atoms with Gasteiger partial charge >= 0.3 is 0 Å². The third-order valence-corrected chi connectivity index (χ3v) is 2.88. The zero-order valence-corrected chi connectivity index (χ0v) is 9.15. The fourth-order valence-corrected chi connectivity index (χ4v) is 2.06. The Hall–Kier alpha value is -0.510. The van der Waals surface area contributed by atoms with E-state index in [9.17, 15) is 4.79 Å². The van der Waals surface area contributed by atoms with E-state index in [1.54, 1.807) is 18.7 Å². The second-order valence-electron chi connectivity index (χ2n) is 3.51. The predicted octanol–water partition coefficient (Wildman–Crippen LogP) is 1.29. The number of nitrogens with one attached hydrogen (secondary N) is 1. The topological polar surface area (TPSA) is 41.5 Å². The van der Waals surface area contributed by atoms with Gasteiger partial charge in [-0.15, -0.1) is 0 Å². The number of carbonyl (C=O) groups excluding carboxylic acids is 1. The van der Waals surface area contributed by atoms with Gasteiger partial charge in [0.1, 0.15) is 0 Å². The number of thioether (sulfide) groups is 1. The van der Waals surface area contributed by atoms with Crippen LogP contribution < -0.4 is 5.32 Å². The standard InChI is InChI=1S/C9H16N2OS/c1-6(2)8(7(3)12)11-9-10-4-5-13-9/h6,8H,4-5H2,1-3H3,(H,10,11). The summed E-state index contributed by atoms with van der Waals surface area (Å²) in [6.07, 6.45) is 0. The van der Waals surface area contributed by atoms with Crippen molar-refractivity contribution in [3.63, 3.8) is 0 Å². The number of carbonyl (C=O) groups is 1. The molecule has 4 heteroatoms. The van der Waals surface area contributed by atoms with Crippen LogP contribution in [0.2, 0.25) is 0 Å². The molecule has 3 nitrogen and oxygen atoms in total. The quantitative estimate of drug-likeness (QED) is 0.746. The second kappa shape index (κ2) is 4.65. The van der Waals surface area contributed by atoms with Gasteiger partial charge in [0.2, 0.25) is 0 Å². The molecule has 0 aromatic heterocycles. The molecule has 0 aromatic rings. The lowest BCUT2D eigenvalue weighted by molar-refractivity contribution is -0.119. The molecule has 0 aromatic carbocycles. The van der Waals surface area contributed by atoms with Crippen LogP contribution in [0.3, 0.4) is 0 Å². The van der Waals surface area contributed by atoms with Gasteiger partial charge in [-0.3, -0.25) is 9.79 Å². The van der Waals surface area contributed by atoms with Gasteiger partial charge in [-0.05, 0) is 12.8 Å². The number of hydrogen-bond acceptors (Lipinski definition) is 4. The van der Waals surface area contributed by atoms with E-state index in [1.807, 2.05) is 13.8 Å². The lowest BCUT2D eigenvalue weighted by atomic mass is 10.0. The maximum atomic E-state index is 11.2. The minimum atomic E-state index is -0.0793. The van der Waals surface area contributed by atoms with Gasteiger partial charge in [-0.25, -0.2) is 0 Å². The van der Waals surface area contributed by atoms with E-state index in [2.05, 4.69) is 10.3 Å². The lowest BCUT2D eigenvalue weighted by Gasteiger charge is -2.19. The molecule has 74 valence electrons. The highest BCUT2D eigenvalue weighted by Crippen LogP contribution is 2.12. The van der Waals surface area contributed by atoms with Crippen LogP contribution in [0.4, 0.5) is 0 Å². The number of nitrogens with zero attached hydrogens (tertiary/aromatic N) is 1. The molecule has 1 aliphatic rings. The number of ketones is 1. The first-order valence-corrected chi connectivity index (χ1v) is 5.54. The minimum Gasteiger partial charge on any atom is -0.355 e. The maximum absolute atomic E-state index is 11.2. The van der Waals surface area contributed by atoms with E-state index in [1.165, 1.54) is 0 Å². The Bertz CT molecular complexity index is 226. The summed E-state index contributed by atoms with van der Waals surface area (Å²) >= 11 is 1.69. The maximum Gasteiger partial charge on any atom is 0.157 e. The van der Waals surface area contributed by atoms with Crippen molar-refractivity contribution in [1.82, 2.24) is 5.32 Å². The molecule has 0 fully saturated rings. The SMILES string of the molecule is CC(=O)C(NC1=NCCS1)C(C)C. The van der Waals surface area contributed by atoms with Gasteiger partial charge in [0.25, 0.3) is 0 Å². The van der Waals surface area contributed by atoms with Gasteiger partial charge in [0.05, 0.1) is 12.6 Å². The largest absolute Gasteiger partial charge is 0.355 e. The van der Waals surface area contributed by atoms with Crippen molar-refractivity contribution in [2.45, 2.75) is 26.8 Å². The van der Waals surface area contributed by atoms with Crippen molar-refractivity contribution in [1.29, 1.82) is 0 Å². The van der Waals surface area contributed by atoms with Crippen molar-refractivity contribution in [2.24, 2.45) is 10.9 Å². The van der Waals surface area contributed by atoms with E-state index in [4.69, 9.17) is 0 Å². The summed E-state index contributed by atoms with van der Waals surface area (Å²) in [4.78, 5) is 15.5. The van der Waals surface area contributed by atoms with E-state index in [-0.39, 0.29) is 11.8 Å². The van der Waals surface area contributed by atoms with Gasteiger partial charge < -0.3 is 5.32 Å². The van der Waals surface area contributed by atoms with Gasteiger partial charge in [-0.1, -0.05) is 25.6 Å². The van der Waals surface area contributed by atoms with Crippen LogP contribution in [-0.2, 0) is 4.79 Å². The first-order valence-electron chi connectivity index (χ1n) is 4.55. The van der Waals surface area contributed by atoms with Gasteiger partial charge in [0.15, 0.2) is 11.0 Å². The molecule has 0 saturated carbocycles. The highest BCUT2D eigenvalue weighted by atomic mass is 32.2. The summed E-state index contributed by atoms with van der Waals surface area (Å²) in [5.41, 5.74) is 0. The first kappa shape index (κ1) is 10.6. The summed E-state index contributed by atoms with van der Waals surface area (Å²) in [6, 6.07) is -0.0793. The summed E-state index contributed by atoms with van der Waals surface area (Å²) in [5, 5.41) is 4.10. The Morgan fingerprint density at radius 1 is 1.62 bits per heavy atom. The Labute approximate surface area is 83.4 Å². The minimum absolute atomic E-state index is 0.0793. The van der Waals surface area contributed by atoms with Crippen LogP contribution in [0, 0.1) is 5.92 Å². The molecular formula is C9H16N2OS. The molecule has 0 amide bonds. The molecule has 0 aliphatic carbocycles. The molecule has 1 unspecified atom stereocenters. The molecule has 0 bridgehead atoms. The monoisotopic (exact) mass is 200 g/mol. The molecule has 1 aliphatic heterocycles. The second-order valence-corrected chi connectivity index (χ2v) is 4.60. The number of amidine groups is 1. The van der Waals surface area contributed by atoms with Gasteiger partial charge in [0, 0.05) is 5.75 Å². The Kier molecular flexibility index (Phi) is 3.78. The molecule has 1 heterocycles. The summed E-state index contributed by atoms with van der Waals surface area (Å²) in [7, 11) is 0. The van der Waals surface area contributed by atoms with E-state index >= 15 is 0 Å². The third kappa shape index (κ3) is 3.03. The molecule has 13 heavy (non-hydrogen) atoms. The van der Waals surface area contributed by atoms with Crippen molar-refractivity contribution in [3.05, 3.63) is 0 Å². The molecule has 0 radical (unpaired) electrons. The van der Waals surface area contributed by atoms with Crippen LogP contribution in [0.15, 0.2) is 4.99 Å². The van der Waals surface area contributed by atoms with Gasteiger partial charge in [-0.2, -0.15) is 0 Å². The number of Topliss-reactive ketones (excluding diaryl/α,β-unsaturated/α-hetero) is 1. The number of aliphatic imine (C=N–C) groups is 1. The Morgan fingerprint density at radius 3 is 2.69 bits per heavy atom. The summed E-state index contributed by atoms with van der Waals surface area (Å²) in [6.45, 7) is 6.58. The van der Waals surface area contributed by atoms with Crippen LogP contribution in [0.5, 0.6) is 0 Å². The van der Waals surface area contributed by atoms with E-state index < -0.39 is 0 Å². The van der Waals surface area contributed by atoms with Crippen LogP contribution in [0.25, 0.3) is 0 Å². The van der Waals surface area contributed by atoms with Crippen molar-refractivity contribution in [2.75, 3.05) is 12.3 Å². The third-order valence-electron chi connectivity index (χ3n) is 1.97. The zero-order valence-electron chi connectivity index (χ0n) is 8.33. The lowest BCUT2D eigenvalue weighted by Crippen LogP contribution is -2.41. The molecule has 0 spiro atoms. The Morgan fingerprint density at radius 2 is 2.31 bits per heavy atom. The van der Waals surface area contributed by atoms with Crippen molar-refractivity contribution in [3.8, 4) is 0 Å². The summed E-state index contributed by atoms with van der Waals surface area (Å²) < 4.78 is 0. The number of hydrogen-bond donors (Lipinski definition) is 1. The fourth-order valence-electron chi connectivity index (χ4n) is 1.29. The smallest absolute Gasteiger partial charge is 0.157 e. The molecule has 1 N–H and O–H groups in total. The molecular weight excluding hydrogens is 184 g/mol. The van der Waals surface area contributed by atoms with Crippen LogP contribution >= 0.6 is 11.8 Å². The van der Waals surface area contributed by atoms with Crippen molar-refractivity contribution < 1.29 is 4.79 Å². The van der Waals surface area contributed by atoms with Crippen LogP contribution in [0.1, 0.15) is 20.8 Å². The normalized spacial score (nSPS) is 18.6. The first-order chi connectivity index (χ1) is 6.11. The zero-order chi connectivity index (χ0) is 9.84. The van der Waals surface area contributed by atoms with Crippen LogP contribution in [-0.4, -0.2) is 29.3 Å². The average Bonchev–Trinajstić information content (AvgIpc) is 2.50.